The number of halogens is 1. The Morgan fingerprint density at radius 3 is 2.81 bits per heavy atom. The summed E-state index contributed by atoms with van der Waals surface area (Å²) in [6, 6.07) is 8.36. The Morgan fingerprint density at radius 2 is 2.04 bits per heavy atom. The van der Waals surface area contributed by atoms with E-state index in [0.29, 0.717) is 29.8 Å². The largest absolute Gasteiger partial charge is 0.368 e. The number of anilines is 1. The number of nitrogen functional groups attached to an aromatic ring is 1. The van der Waals surface area contributed by atoms with E-state index in [1.165, 1.54) is 12.1 Å². The molecule has 2 aromatic heterocycles. The van der Waals surface area contributed by atoms with Crippen molar-refractivity contribution in [1.82, 2.24) is 15.0 Å². The van der Waals surface area contributed by atoms with Gasteiger partial charge in [0.25, 0.3) is 0 Å². The molecule has 26 heavy (non-hydrogen) atoms. The fraction of sp³-hybridized carbons (Fsp3) is 0.200. The Labute approximate surface area is 150 Å². The first-order chi connectivity index (χ1) is 12.5. The van der Waals surface area contributed by atoms with E-state index in [9.17, 15) is 9.18 Å². The SMILES string of the molecule is Cc1nc(N)nc2c1C(=O)C[C@H](c1ccc(F)cc1-c1cccnc1)C2. The molecule has 0 bridgehead atoms. The maximum Gasteiger partial charge on any atom is 0.220 e. The van der Waals surface area contributed by atoms with Crippen LogP contribution in [-0.4, -0.2) is 20.7 Å². The van der Waals surface area contributed by atoms with Gasteiger partial charge < -0.3 is 5.73 Å². The Bertz CT molecular complexity index is 1000. The Balaban J connectivity index is 1.81. The molecule has 5 nitrogen and oxygen atoms in total. The van der Waals surface area contributed by atoms with Gasteiger partial charge in [-0.1, -0.05) is 12.1 Å². The molecule has 0 saturated heterocycles. The minimum atomic E-state index is -0.322. The molecule has 4 rings (SSSR count). The van der Waals surface area contributed by atoms with E-state index in [4.69, 9.17) is 5.73 Å². The van der Waals surface area contributed by atoms with Gasteiger partial charge in [0.15, 0.2) is 5.78 Å². The number of rotatable bonds is 2. The number of carbonyl (C=O) groups excluding carboxylic acids is 1. The van der Waals surface area contributed by atoms with Crippen LogP contribution in [0, 0.1) is 12.7 Å². The Hall–Kier alpha value is -3.15. The second-order valence-electron chi connectivity index (χ2n) is 6.49. The molecule has 1 aliphatic rings. The first-order valence-corrected chi connectivity index (χ1v) is 8.39. The van der Waals surface area contributed by atoms with E-state index < -0.39 is 0 Å². The molecule has 1 aliphatic carbocycles. The summed E-state index contributed by atoms with van der Waals surface area (Å²) in [7, 11) is 0. The van der Waals surface area contributed by atoms with Crippen molar-refractivity contribution in [1.29, 1.82) is 0 Å². The molecular weight excluding hydrogens is 331 g/mol. The van der Waals surface area contributed by atoms with Crippen LogP contribution in [0.1, 0.15) is 39.6 Å². The van der Waals surface area contributed by atoms with Gasteiger partial charge in [-0.25, -0.2) is 14.4 Å². The number of hydrogen-bond acceptors (Lipinski definition) is 5. The lowest BCUT2D eigenvalue weighted by molar-refractivity contribution is 0.0962. The lowest BCUT2D eigenvalue weighted by atomic mass is 9.79. The van der Waals surface area contributed by atoms with Gasteiger partial charge in [-0.05, 0) is 48.6 Å². The molecule has 130 valence electrons. The predicted octanol–water partition coefficient (Wildman–Crippen LogP) is 3.48. The lowest BCUT2D eigenvalue weighted by Crippen LogP contribution is -2.23. The molecule has 0 radical (unpaired) electrons. The van der Waals surface area contributed by atoms with Gasteiger partial charge in [0.05, 0.1) is 17.0 Å². The molecular formula is C20H17FN4O. The molecule has 1 atom stereocenters. The Morgan fingerprint density at radius 1 is 1.19 bits per heavy atom. The molecule has 0 unspecified atom stereocenters. The Kier molecular flexibility index (Phi) is 3.95. The third-order valence-corrected chi connectivity index (χ3v) is 4.76. The monoisotopic (exact) mass is 348 g/mol. The molecule has 2 N–H and O–H groups in total. The zero-order valence-corrected chi connectivity index (χ0v) is 14.2. The summed E-state index contributed by atoms with van der Waals surface area (Å²) < 4.78 is 13.9. The highest BCUT2D eigenvalue weighted by atomic mass is 19.1. The molecule has 2 heterocycles. The first kappa shape index (κ1) is 16.3. The highest BCUT2D eigenvalue weighted by Gasteiger charge is 2.31. The van der Waals surface area contributed by atoms with Gasteiger partial charge in [-0.3, -0.25) is 9.78 Å². The van der Waals surface area contributed by atoms with Gasteiger partial charge in [0, 0.05) is 24.4 Å². The predicted molar refractivity (Wildman–Crippen MR) is 96.2 cm³/mol. The fourth-order valence-electron chi connectivity index (χ4n) is 3.67. The van der Waals surface area contributed by atoms with Crippen LogP contribution in [0.25, 0.3) is 11.1 Å². The van der Waals surface area contributed by atoms with Crippen molar-refractivity contribution in [2.45, 2.75) is 25.7 Å². The van der Waals surface area contributed by atoms with Crippen LogP contribution in [0.15, 0.2) is 42.7 Å². The van der Waals surface area contributed by atoms with Gasteiger partial charge in [0.2, 0.25) is 5.95 Å². The highest BCUT2D eigenvalue weighted by Crippen LogP contribution is 2.38. The highest BCUT2D eigenvalue weighted by molar-refractivity contribution is 6.00. The quantitative estimate of drug-likeness (QED) is 0.767. The number of pyridine rings is 1. The third kappa shape index (κ3) is 2.83. The van der Waals surface area contributed by atoms with E-state index >= 15 is 0 Å². The van der Waals surface area contributed by atoms with E-state index in [2.05, 4.69) is 15.0 Å². The number of nitrogens with zero attached hydrogens (tertiary/aromatic N) is 3. The average Bonchev–Trinajstić information content (AvgIpc) is 2.61. The number of carbonyl (C=O) groups is 1. The van der Waals surface area contributed by atoms with Crippen LogP contribution in [0.2, 0.25) is 0 Å². The minimum absolute atomic E-state index is 0.00443. The molecule has 0 saturated carbocycles. The van der Waals surface area contributed by atoms with Crippen LogP contribution in [0.4, 0.5) is 10.3 Å². The average molecular weight is 348 g/mol. The van der Waals surface area contributed by atoms with Crippen LogP contribution >= 0.6 is 0 Å². The molecule has 0 aliphatic heterocycles. The molecule has 0 amide bonds. The smallest absolute Gasteiger partial charge is 0.220 e. The number of hydrogen-bond donors (Lipinski definition) is 1. The van der Waals surface area contributed by atoms with Gasteiger partial charge in [0.1, 0.15) is 5.82 Å². The maximum atomic E-state index is 13.9. The normalized spacial score (nSPS) is 16.4. The van der Waals surface area contributed by atoms with Crippen molar-refractivity contribution in [3.8, 4) is 11.1 Å². The topological polar surface area (TPSA) is 81.8 Å². The second kappa shape index (κ2) is 6.29. The van der Waals surface area contributed by atoms with Crippen molar-refractivity contribution in [2.75, 3.05) is 5.73 Å². The van der Waals surface area contributed by atoms with Crippen LogP contribution in [0.5, 0.6) is 0 Å². The summed E-state index contributed by atoms with van der Waals surface area (Å²) in [6.07, 6.45) is 4.26. The third-order valence-electron chi connectivity index (χ3n) is 4.76. The number of aromatic nitrogens is 3. The number of nitrogens with two attached hydrogens (primary N) is 1. The van der Waals surface area contributed by atoms with E-state index in [-0.39, 0.29) is 23.5 Å². The van der Waals surface area contributed by atoms with Crippen LogP contribution in [-0.2, 0) is 6.42 Å². The van der Waals surface area contributed by atoms with Crippen molar-refractivity contribution >= 4 is 11.7 Å². The summed E-state index contributed by atoms with van der Waals surface area (Å²) in [5.74, 6) is -0.256. The summed E-state index contributed by atoms with van der Waals surface area (Å²) in [4.78, 5) is 25.2. The van der Waals surface area contributed by atoms with Gasteiger partial charge >= 0.3 is 0 Å². The standard InChI is InChI=1S/C20H17FN4O/c1-11-19-17(25-20(22)24-11)7-13(8-18(19)26)15-5-4-14(21)9-16(15)12-3-2-6-23-10-12/h2-6,9-10,13H,7-8H2,1H3,(H2,22,24,25)/t13-/m1/s1. The van der Waals surface area contributed by atoms with Crippen molar-refractivity contribution in [2.24, 2.45) is 0 Å². The fourth-order valence-corrected chi connectivity index (χ4v) is 3.67. The first-order valence-electron chi connectivity index (χ1n) is 8.39. The summed E-state index contributed by atoms with van der Waals surface area (Å²) in [6.45, 7) is 1.77. The van der Waals surface area contributed by atoms with E-state index in [1.54, 1.807) is 25.4 Å². The number of ketones is 1. The maximum absolute atomic E-state index is 13.9. The van der Waals surface area contributed by atoms with Gasteiger partial charge in [-0.15, -0.1) is 0 Å². The van der Waals surface area contributed by atoms with Gasteiger partial charge in [-0.2, -0.15) is 0 Å². The molecule has 0 fully saturated rings. The number of fused-ring (bicyclic) bond motifs is 1. The molecule has 6 heteroatoms. The zero-order valence-electron chi connectivity index (χ0n) is 14.2. The summed E-state index contributed by atoms with van der Waals surface area (Å²) >= 11 is 0. The zero-order chi connectivity index (χ0) is 18.3. The summed E-state index contributed by atoms with van der Waals surface area (Å²) in [5, 5.41) is 0. The summed E-state index contributed by atoms with van der Waals surface area (Å²) in [5.41, 5.74) is 10.1. The molecule has 0 spiro atoms. The van der Waals surface area contributed by atoms with Crippen LogP contribution in [0.3, 0.4) is 0 Å². The number of aryl methyl sites for hydroxylation is 1. The van der Waals surface area contributed by atoms with Crippen molar-refractivity contribution in [3.05, 3.63) is 71.1 Å². The van der Waals surface area contributed by atoms with E-state index in [0.717, 1.165) is 16.7 Å². The minimum Gasteiger partial charge on any atom is -0.368 e. The molecule has 1 aromatic carbocycles. The molecule has 3 aromatic rings. The van der Waals surface area contributed by atoms with E-state index in [1.807, 2.05) is 12.1 Å². The lowest BCUT2D eigenvalue weighted by Gasteiger charge is -2.26. The van der Waals surface area contributed by atoms with Crippen molar-refractivity contribution in [3.63, 3.8) is 0 Å². The van der Waals surface area contributed by atoms with Crippen molar-refractivity contribution < 1.29 is 9.18 Å². The number of benzene rings is 1. The second-order valence-corrected chi connectivity index (χ2v) is 6.49. The van der Waals surface area contributed by atoms with Crippen LogP contribution < -0.4 is 5.73 Å². The number of Topliss-reactive ketones (excluding diaryl/α,β-unsaturated/α-hetero) is 1.